The number of hydrogen-bond acceptors (Lipinski definition) is 10. The Hall–Kier alpha value is -1.40. The first kappa shape index (κ1) is 20.3. The van der Waals surface area contributed by atoms with Gasteiger partial charge in [0.05, 0.1) is 18.6 Å². The van der Waals surface area contributed by atoms with Crippen molar-refractivity contribution >= 4 is 32.3 Å². The summed E-state index contributed by atoms with van der Waals surface area (Å²) in [6, 6.07) is 1.55. The first-order valence-corrected chi connectivity index (χ1v) is 11.1. The normalized spacial score (nSPS) is 30.3. The number of ether oxygens (including phenoxy) is 1. The van der Waals surface area contributed by atoms with E-state index in [1.165, 1.54) is 17.1 Å². The molecule has 1 saturated heterocycles. The largest absolute Gasteiger partial charge is 0.479 e. The maximum absolute atomic E-state index is 11.6. The predicted molar refractivity (Wildman–Crippen MR) is 90.5 cm³/mol. The highest BCUT2D eigenvalue weighted by Gasteiger charge is 2.45. The number of rotatable bonds is 6. The van der Waals surface area contributed by atoms with Crippen molar-refractivity contribution in [1.29, 1.82) is 0 Å². The zero-order chi connectivity index (χ0) is 20.0. The van der Waals surface area contributed by atoms with Gasteiger partial charge in [-0.1, -0.05) is 0 Å². The lowest BCUT2D eigenvalue weighted by Crippen LogP contribution is -2.33. The van der Waals surface area contributed by atoms with Crippen LogP contribution in [0.2, 0.25) is 0 Å². The van der Waals surface area contributed by atoms with Gasteiger partial charge in [-0.2, -0.15) is 0 Å². The molecule has 0 radical (unpaired) electrons. The molecule has 0 spiro atoms. The highest BCUT2D eigenvalue weighted by molar-refractivity contribution is 7.63. The molecule has 0 saturated carbocycles. The Morgan fingerprint density at radius 1 is 1.30 bits per heavy atom. The van der Waals surface area contributed by atoms with Gasteiger partial charge in [0, 0.05) is 12.9 Å². The second kappa shape index (κ2) is 7.21. The highest BCUT2D eigenvalue weighted by Crippen LogP contribution is 2.58. The first-order valence-electron chi connectivity index (χ1n) is 7.56. The van der Waals surface area contributed by atoms with Gasteiger partial charge in [-0.25, -0.2) is 18.8 Å². The fourth-order valence-electron chi connectivity index (χ4n) is 2.62. The Balaban J connectivity index is 1.75. The molecule has 0 aromatic carbocycles. The molecule has 6 N–H and O–H groups in total. The van der Waals surface area contributed by atoms with Crippen LogP contribution in [-0.2, 0) is 22.7 Å². The third-order valence-corrected chi connectivity index (χ3v) is 6.27. The summed E-state index contributed by atoms with van der Waals surface area (Å²) in [6.07, 6.45) is -2.53. The highest BCUT2D eigenvalue weighted by atomic mass is 31.3. The van der Waals surface area contributed by atoms with Gasteiger partial charge < -0.3 is 30.5 Å². The van der Waals surface area contributed by atoms with Crippen molar-refractivity contribution in [1.82, 2.24) is 14.5 Å². The van der Waals surface area contributed by atoms with E-state index in [-0.39, 0.29) is 0 Å². The van der Waals surface area contributed by atoms with Gasteiger partial charge in [-0.05, 0) is 6.07 Å². The third-order valence-electron chi connectivity index (χ3n) is 3.76. The lowest BCUT2D eigenvalue weighted by molar-refractivity contribution is -0.0501. The quantitative estimate of drug-likeness (QED) is 0.376. The fourth-order valence-corrected chi connectivity index (χ4v) is 4.67. The summed E-state index contributed by atoms with van der Waals surface area (Å²) in [5, 5.41) is 20.4. The molecule has 3 heterocycles. The van der Waals surface area contributed by atoms with Gasteiger partial charge in [0.1, 0.15) is 23.8 Å². The Kier molecular flexibility index (Phi) is 5.43. The van der Waals surface area contributed by atoms with Crippen molar-refractivity contribution < 1.29 is 42.7 Å². The predicted octanol–water partition coefficient (Wildman–Crippen LogP) is -0.419. The Labute approximate surface area is 152 Å². The van der Waals surface area contributed by atoms with Crippen molar-refractivity contribution in [3.8, 4) is 0 Å². The molecule has 27 heavy (non-hydrogen) atoms. The second-order valence-corrected chi connectivity index (χ2v) is 9.37. The Bertz CT molecular complexity index is 931. The Morgan fingerprint density at radius 2 is 2.00 bits per heavy atom. The van der Waals surface area contributed by atoms with Crippen LogP contribution in [0.1, 0.15) is 6.23 Å². The SMILES string of the molecule is CP(=O)(O)OP(=O)(O)OC[C@H]1O[C@@H](n2cnc3c(N)ccnc32)C(O)C1O. The number of aliphatic hydroxyl groups is 2. The van der Waals surface area contributed by atoms with Crippen molar-refractivity contribution in [3.05, 3.63) is 18.6 Å². The summed E-state index contributed by atoms with van der Waals surface area (Å²) in [6.45, 7) is 0.0213. The minimum Gasteiger partial charge on any atom is -0.397 e. The van der Waals surface area contributed by atoms with Crippen molar-refractivity contribution in [2.75, 3.05) is 19.0 Å². The second-order valence-electron chi connectivity index (χ2n) is 5.92. The third kappa shape index (κ3) is 4.37. The number of nitrogen functional groups attached to an aromatic ring is 1. The number of hydrogen-bond donors (Lipinski definition) is 5. The number of nitrogens with two attached hydrogens (primary N) is 1. The molecule has 0 aliphatic carbocycles. The van der Waals surface area contributed by atoms with Crippen LogP contribution in [0.25, 0.3) is 11.2 Å². The van der Waals surface area contributed by atoms with E-state index in [0.717, 1.165) is 0 Å². The number of aromatic nitrogens is 3. The van der Waals surface area contributed by atoms with Gasteiger partial charge in [-0.3, -0.25) is 13.7 Å². The van der Waals surface area contributed by atoms with E-state index in [0.29, 0.717) is 23.5 Å². The van der Waals surface area contributed by atoms with Crippen LogP contribution in [0.5, 0.6) is 0 Å². The summed E-state index contributed by atoms with van der Waals surface area (Å²) >= 11 is 0. The van der Waals surface area contributed by atoms with Crippen LogP contribution in [0.3, 0.4) is 0 Å². The number of nitrogens with zero attached hydrogens (tertiary/aromatic N) is 3. The van der Waals surface area contributed by atoms with Crippen LogP contribution < -0.4 is 5.73 Å². The molecule has 6 atom stereocenters. The van der Waals surface area contributed by atoms with E-state index in [9.17, 15) is 24.2 Å². The van der Waals surface area contributed by atoms with Gasteiger partial charge in [0.2, 0.25) is 0 Å². The zero-order valence-corrected chi connectivity index (χ0v) is 15.7. The standard InChI is InChI=1S/C12H18N4O9P2/c1-26(19,20)25-27(21,22)23-4-7-9(17)10(18)12(24-7)16-5-15-8-6(13)2-3-14-11(8)16/h2-3,5,7,9-10,12,17-18H,4H2,1H3,(H2,13,14)(H,19,20)(H,21,22)/t7-,9?,10?,12-/m1/s1. The number of pyridine rings is 1. The number of fused-ring (bicyclic) bond motifs is 1. The molecule has 4 unspecified atom stereocenters. The Morgan fingerprint density at radius 3 is 2.67 bits per heavy atom. The molecule has 2 aromatic rings. The van der Waals surface area contributed by atoms with Gasteiger partial charge in [-0.15, -0.1) is 0 Å². The maximum Gasteiger partial charge on any atom is 0.479 e. The molecular weight excluding hydrogens is 406 g/mol. The van der Waals surface area contributed by atoms with Crippen LogP contribution in [-0.4, -0.2) is 66.1 Å². The van der Waals surface area contributed by atoms with Crippen LogP contribution >= 0.6 is 15.4 Å². The number of phosphoric acid groups is 1. The zero-order valence-electron chi connectivity index (χ0n) is 13.9. The molecule has 0 amide bonds. The van der Waals surface area contributed by atoms with E-state index < -0.39 is 46.6 Å². The minimum absolute atomic E-state index is 0.302. The molecular formula is C12H18N4O9P2. The minimum atomic E-state index is -4.87. The van der Waals surface area contributed by atoms with E-state index >= 15 is 0 Å². The smallest absolute Gasteiger partial charge is 0.397 e. The van der Waals surface area contributed by atoms with Gasteiger partial charge in [0.25, 0.3) is 0 Å². The van der Waals surface area contributed by atoms with Gasteiger partial charge >= 0.3 is 15.4 Å². The van der Waals surface area contributed by atoms with Crippen molar-refractivity contribution in [2.45, 2.75) is 24.5 Å². The molecule has 1 fully saturated rings. The summed E-state index contributed by atoms with van der Waals surface area (Å²) < 4.78 is 38.2. The molecule has 1 aliphatic heterocycles. The molecule has 2 aromatic heterocycles. The van der Waals surface area contributed by atoms with E-state index in [2.05, 4.69) is 18.8 Å². The first-order chi connectivity index (χ1) is 12.5. The average molecular weight is 424 g/mol. The molecule has 3 rings (SSSR count). The van der Waals surface area contributed by atoms with Crippen molar-refractivity contribution in [3.63, 3.8) is 0 Å². The monoisotopic (exact) mass is 424 g/mol. The summed E-state index contributed by atoms with van der Waals surface area (Å²) in [7, 11) is -9.16. The van der Waals surface area contributed by atoms with Crippen LogP contribution in [0, 0.1) is 0 Å². The number of aliphatic hydroxyl groups excluding tert-OH is 2. The van der Waals surface area contributed by atoms with E-state index in [1.807, 2.05) is 0 Å². The average Bonchev–Trinajstić information content (AvgIpc) is 3.07. The maximum atomic E-state index is 11.6. The number of imidazole rings is 1. The van der Waals surface area contributed by atoms with Crippen molar-refractivity contribution in [2.24, 2.45) is 0 Å². The molecule has 150 valence electrons. The molecule has 0 bridgehead atoms. The van der Waals surface area contributed by atoms with E-state index in [4.69, 9.17) is 15.4 Å². The summed E-state index contributed by atoms with van der Waals surface area (Å²) in [5.74, 6) is 0. The van der Waals surface area contributed by atoms with E-state index in [1.54, 1.807) is 6.07 Å². The van der Waals surface area contributed by atoms with Gasteiger partial charge in [0.15, 0.2) is 11.9 Å². The topological polar surface area (TPSA) is 199 Å². The molecule has 15 heteroatoms. The molecule has 13 nitrogen and oxygen atoms in total. The summed E-state index contributed by atoms with van der Waals surface area (Å²) in [4.78, 5) is 26.6. The molecule has 1 aliphatic rings. The summed E-state index contributed by atoms with van der Waals surface area (Å²) in [5.41, 5.74) is 6.83. The van der Waals surface area contributed by atoms with Crippen LogP contribution in [0.4, 0.5) is 5.69 Å². The van der Waals surface area contributed by atoms with Crippen LogP contribution in [0.15, 0.2) is 18.6 Å². The lowest BCUT2D eigenvalue weighted by atomic mass is 10.1. The number of phosphoric ester groups is 1. The number of anilines is 1. The lowest BCUT2D eigenvalue weighted by Gasteiger charge is -2.18. The fraction of sp³-hybridized carbons (Fsp3) is 0.500.